The van der Waals surface area contributed by atoms with Gasteiger partial charge in [-0.3, -0.25) is 0 Å². The highest BCUT2D eigenvalue weighted by molar-refractivity contribution is 8.00. The van der Waals surface area contributed by atoms with Gasteiger partial charge in [0.25, 0.3) is 0 Å². The van der Waals surface area contributed by atoms with E-state index in [0.29, 0.717) is 5.92 Å². The van der Waals surface area contributed by atoms with Gasteiger partial charge >= 0.3 is 0 Å². The van der Waals surface area contributed by atoms with Gasteiger partial charge in [0.2, 0.25) is 0 Å². The maximum absolute atomic E-state index is 6.92. The second kappa shape index (κ2) is 6.46. The highest BCUT2D eigenvalue weighted by Gasteiger charge is 2.53. The minimum Gasteiger partial charge on any atom is -0.358 e. The highest BCUT2D eigenvalue weighted by Crippen LogP contribution is 2.51. The molecule has 3 heteroatoms. The Balaban J connectivity index is 1.47. The number of ether oxygens (including phenoxy) is 1. The summed E-state index contributed by atoms with van der Waals surface area (Å²) in [5.74, 6) is 2.21. The highest BCUT2D eigenvalue weighted by atomic mass is 32.2. The third-order valence-electron chi connectivity index (χ3n) is 6.26. The molecular formula is C22H25NOS. The summed E-state index contributed by atoms with van der Waals surface area (Å²) in [5, 5.41) is 0. The van der Waals surface area contributed by atoms with Crippen molar-refractivity contribution in [1.82, 2.24) is 4.90 Å². The van der Waals surface area contributed by atoms with Crippen molar-refractivity contribution in [3.63, 3.8) is 0 Å². The van der Waals surface area contributed by atoms with Gasteiger partial charge in [0.05, 0.1) is 5.60 Å². The van der Waals surface area contributed by atoms with Gasteiger partial charge in [-0.25, -0.2) is 0 Å². The van der Waals surface area contributed by atoms with Crippen LogP contribution in [-0.2, 0) is 4.74 Å². The van der Waals surface area contributed by atoms with E-state index in [2.05, 4.69) is 65.6 Å². The molecule has 0 saturated carbocycles. The molecular weight excluding hydrogens is 326 g/mol. The van der Waals surface area contributed by atoms with Crippen LogP contribution in [-0.4, -0.2) is 41.3 Å². The first-order valence-corrected chi connectivity index (χ1v) is 10.5. The number of hydrogen-bond donors (Lipinski definition) is 0. The molecule has 4 aliphatic rings. The van der Waals surface area contributed by atoms with E-state index in [1.165, 1.54) is 37.1 Å². The van der Waals surface area contributed by atoms with Crippen LogP contribution in [0.5, 0.6) is 0 Å². The van der Waals surface area contributed by atoms with Crippen LogP contribution >= 0.6 is 11.8 Å². The van der Waals surface area contributed by atoms with Gasteiger partial charge in [0.1, 0.15) is 5.44 Å². The van der Waals surface area contributed by atoms with Gasteiger partial charge in [0.15, 0.2) is 0 Å². The lowest BCUT2D eigenvalue weighted by atomic mass is 9.76. The van der Waals surface area contributed by atoms with Crippen LogP contribution in [0.2, 0.25) is 0 Å². The number of thioether (sulfide) groups is 1. The number of piperidine rings is 3. The van der Waals surface area contributed by atoms with Crippen LogP contribution < -0.4 is 0 Å². The first kappa shape index (κ1) is 15.9. The molecule has 4 saturated heterocycles. The predicted octanol–water partition coefficient (Wildman–Crippen LogP) is 4.37. The molecule has 25 heavy (non-hydrogen) atoms. The minimum absolute atomic E-state index is 0.0909. The topological polar surface area (TPSA) is 12.5 Å². The zero-order chi connectivity index (χ0) is 16.7. The van der Waals surface area contributed by atoms with Gasteiger partial charge in [-0.2, -0.15) is 0 Å². The van der Waals surface area contributed by atoms with E-state index in [1.807, 2.05) is 11.8 Å². The molecule has 1 spiro atoms. The third-order valence-corrected chi connectivity index (χ3v) is 7.61. The van der Waals surface area contributed by atoms with Crippen molar-refractivity contribution in [2.75, 3.05) is 25.4 Å². The molecule has 4 fully saturated rings. The van der Waals surface area contributed by atoms with Crippen molar-refractivity contribution in [1.29, 1.82) is 0 Å². The van der Waals surface area contributed by atoms with Crippen molar-refractivity contribution in [3.8, 4) is 0 Å². The molecule has 2 aromatic carbocycles. The van der Waals surface area contributed by atoms with E-state index < -0.39 is 0 Å². The summed E-state index contributed by atoms with van der Waals surface area (Å²) in [6.45, 7) is 3.68. The Morgan fingerprint density at radius 1 is 0.920 bits per heavy atom. The molecule has 0 aromatic heterocycles. The van der Waals surface area contributed by atoms with Gasteiger partial charge in [-0.1, -0.05) is 60.7 Å². The molecule has 4 heterocycles. The van der Waals surface area contributed by atoms with E-state index in [0.717, 1.165) is 18.2 Å². The molecule has 0 N–H and O–H groups in total. The number of fused-ring (bicyclic) bond motifs is 2. The van der Waals surface area contributed by atoms with Gasteiger partial charge in [0, 0.05) is 18.2 Å². The first-order valence-electron chi connectivity index (χ1n) is 9.46. The summed E-state index contributed by atoms with van der Waals surface area (Å²) >= 11 is 2.04. The standard InChI is InChI=1S/C22H25NOS/c1-3-7-17(8-4-1)20(18-9-5-2-6-10-18)21-24-22(16-25-21)15-23-13-11-19(22)12-14-23/h1-10,19-21H,11-16H2. The van der Waals surface area contributed by atoms with Gasteiger partial charge in [-0.15, -0.1) is 11.8 Å². The molecule has 0 amide bonds. The van der Waals surface area contributed by atoms with Crippen LogP contribution in [0.3, 0.4) is 0 Å². The zero-order valence-corrected chi connectivity index (χ0v) is 15.3. The van der Waals surface area contributed by atoms with Crippen molar-refractivity contribution < 1.29 is 4.74 Å². The number of benzene rings is 2. The molecule has 0 radical (unpaired) electrons. The summed E-state index contributed by atoms with van der Waals surface area (Å²) < 4.78 is 6.92. The second-order valence-corrected chi connectivity index (χ2v) is 8.80. The Labute approximate surface area is 154 Å². The Morgan fingerprint density at radius 3 is 2.04 bits per heavy atom. The Kier molecular flexibility index (Phi) is 4.11. The van der Waals surface area contributed by atoms with Crippen LogP contribution in [0.15, 0.2) is 60.7 Å². The van der Waals surface area contributed by atoms with Crippen molar-refractivity contribution in [2.24, 2.45) is 5.92 Å². The van der Waals surface area contributed by atoms with Gasteiger partial charge < -0.3 is 9.64 Å². The molecule has 2 atom stereocenters. The predicted molar refractivity (Wildman–Crippen MR) is 104 cm³/mol. The van der Waals surface area contributed by atoms with E-state index in [9.17, 15) is 0 Å². The molecule has 2 unspecified atom stereocenters. The van der Waals surface area contributed by atoms with Crippen LogP contribution in [0.25, 0.3) is 0 Å². The monoisotopic (exact) mass is 351 g/mol. The normalized spacial score (nSPS) is 34.0. The second-order valence-electron chi connectivity index (χ2n) is 7.71. The lowest BCUT2D eigenvalue weighted by molar-refractivity contribution is -0.138. The SMILES string of the molecule is c1ccc(C(c2ccccc2)C2OC3(CS2)CN2CCC3CC2)cc1. The average Bonchev–Trinajstić information content (AvgIpc) is 3.08. The van der Waals surface area contributed by atoms with Crippen molar-refractivity contribution in [2.45, 2.75) is 29.8 Å². The maximum atomic E-state index is 6.92. The summed E-state index contributed by atoms with van der Waals surface area (Å²) in [4.78, 5) is 2.61. The molecule has 2 nitrogen and oxygen atoms in total. The van der Waals surface area contributed by atoms with E-state index >= 15 is 0 Å². The van der Waals surface area contributed by atoms with Gasteiger partial charge in [-0.05, 0) is 43.0 Å². The van der Waals surface area contributed by atoms with E-state index in [4.69, 9.17) is 4.74 Å². The number of hydrogen-bond acceptors (Lipinski definition) is 3. The smallest absolute Gasteiger partial charge is 0.115 e. The molecule has 2 aromatic rings. The zero-order valence-electron chi connectivity index (χ0n) is 14.5. The fourth-order valence-corrected chi connectivity index (χ4v) is 6.54. The fraction of sp³-hybridized carbons (Fsp3) is 0.455. The van der Waals surface area contributed by atoms with Crippen LogP contribution in [0.1, 0.15) is 29.9 Å². The van der Waals surface area contributed by atoms with E-state index in [1.54, 1.807) is 0 Å². The molecule has 0 aliphatic carbocycles. The number of rotatable bonds is 3. The fourth-order valence-electron chi connectivity index (χ4n) is 4.94. The van der Waals surface area contributed by atoms with Crippen molar-refractivity contribution >= 4 is 11.8 Å². The number of nitrogens with zero attached hydrogens (tertiary/aromatic N) is 1. The van der Waals surface area contributed by atoms with Crippen LogP contribution in [0.4, 0.5) is 0 Å². The summed E-state index contributed by atoms with van der Waals surface area (Å²) in [6, 6.07) is 21.8. The quantitative estimate of drug-likeness (QED) is 0.815. The molecule has 6 rings (SSSR count). The summed E-state index contributed by atoms with van der Waals surface area (Å²) in [7, 11) is 0. The lowest BCUT2D eigenvalue weighted by Gasteiger charge is -2.51. The lowest BCUT2D eigenvalue weighted by Crippen LogP contribution is -2.60. The summed E-state index contributed by atoms with van der Waals surface area (Å²) in [6.07, 6.45) is 2.63. The first-order chi connectivity index (χ1) is 12.3. The Morgan fingerprint density at radius 2 is 1.52 bits per heavy atom. The largest absolute Gasteiger partial charge is 0.358 e. The Hall–Kier alpha value is -1.29. The third kappa shape index (κ3) is 2.83. The average molecular weight is 352 g/mol. The summed E-state index contributed by atoms with van der Waals surface area (Å²) in [5.41, 5.74) is 3.03. The molecule has 2 bridgehead atoms. The Bertz CT molecular complexity index is 674. The molecule has 4 aliphatic heterocycles. The van der Waals surface area contributed by atoms with Crippen LogP contribution in [0, 0.1) is 5.92 Å². The maximum Gasteiger partial charge on any atom is 0.115 e. The molecule has 130 valence electrons. The van der Waals surface area contributed by atoms with E-state index in [-0.39, 0.29) is 11.0 Å². The minimum atomic E-state index is 0.0909. The van der Waals surface area contributed by atoms with Crippen molar-refractivity contribution in [3.05, 3.63) is 71.8 Å².